The van der Waals surface area contributed by atoms with Gasteiger partial charge in [0.25, 0.3) is 5.91 Å². The lowest BCUT2D eigenvalue weighted by molar-refractivity contribution is 0.102. The Labute approximate surface area is 138 Å². The number of hydrogen-bond acceptors (Lipinski definition) is 5. The van der Waals surface area contributed by atoms with Gasteiger partial charge in [-0.05, 0) is 41.1 Å². The topological polar surface area (TPSA) is 102 Å². The fourth-order valence-corrected chi connectivity index (χ4v) is 3.86. The molecule has 0 fully saturated rings. The van der Waals surface area contributed by atoms with E-state index in [4.69, 9.17) is 16.7 Å². The van der Waals surface area contributed by atoms with Gasteiger partial charge in [-0.25, -0.2) is 18.5 Å². The number of primary sulfonamides is 1. The molecule has 0 atom stereocenters. The predicted molar refractivity (Wildman–Crippen MR) is 85.3 cm³/mol. The molecule has 0 saturated heterocycles. The zero-order valence-corrected chi connectivity index (χ0v) is 14.5. The molecule has 1 aromatic heterocycles. The van der Waals surface area contributed by atoms with Crippen LogP contribution < -0.4 is 10.5 Å². The van der Waals surface area contributed by atoms with Gasteiger partial charge in [0, 0.05) is 10.0 Å². The average Bonchev–Trinajstić information content (AvgIpc) is 2.73. The molecule has 21 heavy (non-hydrogen) atoms. The van der Waals surface area contributed by atoms with E-state index in [1.165, 1.54) is 6.92 Å². The molecule has 3 N–H and O–H groups in total. The molecule has 112 valence electrons. The van der Waals surface area contributed by atoms with E-state index in [0.717, 1.165) is 11.3 Å². The molecule has 0 bridgehead atoms. The number of hydrogen-bond donors (Lipinski definition) is 2. The van der Waals surface area contributed by atoms with E-state index in [-0.39, 0.29) is 15.0 Å². The number of nitrogens with two attached hydrogens (primary N) is 1. The van der Waals surface area contributed by atoms with E-state index in [0.29, 0.717) is 15.1 Å². The Morgan fingerprint density at radius 1 is 1.48 bits per heavy atom. The number of amides is 1. The van der Waals surface area contributed by atoms with Crippen molar-refractivity contribution in [1.82, 2.24) is 4.98 Å². The lowest BCUT2D eigenvalue weighted by atomic mass is 10.2. The molecule has 10 heteroatoms. The summed E-state index contributed by atoms with van der Waals surface area (Å²) < 4.78 is 23.1. The van der Waals surface area contributed by atoms with Gasteiger partial charge in [-0.2, -0.15) is 0 Å². The van der Waals surface area contributed by atoms with Crippen LogP contribution >= 0.6 is 38.9 Å². The summed E-state index contributed by atoms with van der Waals surface area (Å²) in [6.07, 6.45) is 0. The van der Waals surface area contributed by atoms with Crippen molar-refractivity contribution in [2.45, 2.75) is 11.1 Å². The van der Waals surface area contributed by atoms with Gasteiger partial charge in [0.2, 0.25) is 10.0 Å². The van der Waals surface area contributed by atoms with Gasteiger partial charge in [0.15, 0.2) is 9.34 Å². The minimum Gasteiger partial charge on any atom is -0.298 e. The minimum absolute atomic E-state index is 0.0740. The third-order valence-electron chi connectivity index (χ3n) is 2.41. The van der Waals surface area contributed by atoms with Crippen molar-refractivity contribution >= 4 is 59.9 Å². The SMILES string of the molecule is Cc1nc(NC(=O)c2ccc(Cl)c(Br)c2)sc1S(N)(=O)=O. The number of aromatic nitrogens is 1. The number of halogens is 2. The van der Waals surface area contributed by atoms with E-state index in [1.807, 2.05) is 0 Å². The van der Waals surface area contributed by atoms with Crippen LogP contribution in [-0.4, -0.2) is 19.3 Å². The normalized spacial score (nSPS) is 11.4. The van der Waals surface area contributed by atoms with Crippen LogP contribution in [0, 0.1) is 6.92 Å². The number of nitrogens with one attached hydrogen (secondary N) is 1. The van der Waals surface area contributed by atoms with E-state index in [2.05, 4.69) is 26.2 Å². The predicted octanol–water partition coefficient (Wildman–Crippen LogP) is 2.77. The van der Waals surface area contributed by atoms with Gasteiger partial charge >= 0.3 is 0 Å². The molecule has 2 aromatic rings. The van der Waals surface area contributed by atoms with Gasteiger partial charge < -0.3 is 0 Å². The van der Waals surface area contributed by atoms with Crippen molar-refractivity contribution in [1.29, 1.82) is 0 Å². The van der Waals surface area contributed by atoms with Crippen molar-refractivity contribution in [3.05, 3.63) is 39.0 Å². The van der Waals surface area contributed by atoms with Crippen LogP contribution in [0.5, 0.6) is 0 Å². The zero-order chi connectivity index (χ0) is 15.8. The van der Waals surface area contributed by atoms with Crippen LogP contribution in [0.1, 0.15) is 16.1 Å². The number of benzene rings is 1. The Bertz CT molecular complexity index is 820. The lowest BCUT2D eigenvalue weighted by Crippen LogP contribution is -2.11. The van der Waals surface area contributed by atoms with Crippen LogP contribution in [-0.2, 0) is 10.0 Å². The quantitative estimate of drug-likeness (QED) is 0.812. The molecule has 0 unspecified atom stereocenters. The van der Waals surface area contributed by atoms with Crippen molar-refractivity contribution in [3.8, 4) is 0 Å². The summed E-state index contributed by atoms with van der Waals surface area (Å²) in [6.45, 7) is 1.50. The summed E-state index contributed by atoms with van der Waals surface area (Å²) in [4.78, 5) is 16.0. The molecule has 0 aliphatic rings. The monoisotopic (exact) mass is 409 g/mol. The number of thiazole rings is 1. The van der Waals surface area contributed by atoms with Gasteiger partial charge in [-0.1, -0.05) is 22.9 Å². The summed E-state index contributed by atoms with van der Waals surface area (Å²) in [6, 6.07) is 4.67. The summed E-state index contributed by atoms with van der Waals surface area (Å²) in [5, 5.41) is 8.22. The molecular weight excluding hydrogens is 402 g/mol. The molecule has 2 rings (SSSR count). The Hall–Kier alpha value is -1.000. The second kappa shape index (κ2) is 6.01. The number of rotatable bonds is 3. The highest BCUT2D eigenvalue weighted by Crippen LogP contribution is 2.27. The molecule has 6 nitrogen and oxygen atoms in total. The number of anilines is 1. The van der Waals surface area contributed by atoms with E-state index in [9.17, 15) is 13.2 Å². The molecule has 0 spiro atoms. The minimum atomic E-state index is -3.85. The van der Waals surface area contributed by atoms with E-state index in [1.54, 1.807) is 18.2 Å². The summed E-state index contributed by atoms with van der Waals surface area (Å²) in [5.74, 6) is -0.429. The molecule has 0 saturated carbocycles. The van der Waals surface area contributed by atoms with E-state index < -0.39 is 15.9 Å². The van der Waals surface area contributed by atoms with Gasteiger partial charge in [-0.15, -0.1) is 0 Å². The smallest absolute Gasteiger partial charge is 0.257 e. The molecule has 0 aliphatic carbocycles. The fraction of sp³-hybridized carbons (Fsp3) is 0.0909. The number of aryl methyl sites for hydroxylation is 1. The van der Waals surface area contributed by atoms with Gasteiger partial charge in [0.05, 0.1) is 10.7 Å². The number of sulfonamides is 1. The Kier molecular flexibility index (Phi) is 4.69. The lowest BCUT2D eigenvalue weighted by Gasteiger charge is -2.03. The Morgan fingerprint density at radius 2 is 2.14 bits per heavy atom. The number of nitrogens with zero attached hydrogens (tertiary/aromatic N) is 1. The third-order valence-corrected chi connectivity index (χ3v) is 6.26. The van der Waals surface area contributed by atoms with Crippen LogP contribution in [0.2, 0.25) is 5.02 Å². The van der Waals surface area contributed by atoms with Crippen molar-refractivity contribution < 1.29 is 13.2 Å². The average molecular weight is 411 g/mol. The zero-order valence-electron chi connectivity index (χ0n) is 10.6. The first-order valence-electron chi connectivity index (χ1n) is 5.45. The number of carbonyl (C=O) groups is 1. The van der Waals surface area contributed by atoms with Crippen molar-refractivity contribution in [2.75, 3.05) is 5.32 Å². The first-order valence-corrected chi connectivity index (χ1v) is 8.98. The van der Waals surface area contributed by atoms with E-state index >= 15 is 0 Å². The first-order chi connectivity index (χ1) is 9.68. The molecule has 1 heterocycles. The molecule has 0 radical (unpaired) electrons. The summed E-state index contributed by atoms with van der Waals surface area (Å²) in [5.41, 5.74) is 0.603. The highest BCUT2D eigenvalue weighted by molar-refractivity contribution is 9.10. The molecule has 1 amide bonds. The second-order valence-corrected chi connectivity index (χ2v) is 8.04. The van der Waals surface area contributed by atoms with Crippen molar-refractivity contribution in [2.24, 2.45) is 5.14 Å². The molecular formula is C11H9BrClN3O3S2. The largest absolute Gasteiger partial charge is 0.298 e. The summed E-state index contributed by atoms with van der Waals surface area (Å²) >= 11 is 9.87. The Morgan fingerprint density at radius 3 is 2.67 bits per heavy atom. The standard InChI is InChI=1S/C11H9BrClN3O3S2/c1-5-10(21(14,18)19)20-11(15-5)16-9(17)6-2-3-8(13)7(12)4-6/h2-4H,1H3,(H2,14,18,19)(H,15,16,17). The van der Waals surface area contributed by atoms with Gasteiger partial charge in [-0.3, -0.25) is 10.1 Å². The maximum Gasteiger partial charge on any atom is 0.257 e. The number of carbonyl (C=O) groups excluding carboxylic acids is 1. The Balaban J connectivity index is 2.26. The van der Waals surface area contributed by atoms with Crippen LogP contribution in [0.15, 0.2) is 26.9 Å². The summed E-state index contributed by atoms with van der Waals surface area (Å²) in [7, 11) is -3.85. The highest BCUT2D eigenvalue weighted by Gasteiger charge is 2.19. The van der Waals surface area contributed by atoms with Crippen molar-refractivity contribution in [3.63, 3.8) is 0 Å². The first kappa shape index (κ1) is 16.4. The highest BCUT2D eigenvalue weighted by atomic mass is 79.9. The molecule has 0 aliphatic heterocycles. The maximum absolute atomic E-state index is 12.1. The maximum atomic E-state index is 12.1. The van der Waals surface area contributed by atoms with Crippen LogP contribution in [0.25, 0.3) is 0 Å². The molecule has 1 aromatic carbocycles. The third kappa shape index (κ3) is 3.80. The second-order valence-electron chi connectivity index (χ2n) is 4.02. The fourth-order valence-electron chi connectivity index (χ4n) is 1.51. The van der Waals surface area contributed by atoms with Crippen LogP contribution in [0.3, 0.4) is 0 Å². The van der Waals surface area contributed by atoms with Crippen LogP contribution in [0.4, 0.5) is 5.13 Å². The van der Waals surface area contributed by atoms with Gasteiger partial charge in [0.1, 0.15) is 0 Å².